The van der Waals surface area contributed by atoms with Crippen molar-refractivity contribution in [3.05, 3.63) is 42.1 Å². The van der Waals surface area contributed by atoms with Crippen molar-refractivity contribution >= 4 is 10.9 Å². The summed E-state index contributed by atoms with van der Waals surface area (Å²) in [7, 11) is 2.02. The largest absolute Gasteiger partial charge is 0.377 e. The summed E-state index contributed by atoms with van der Waals surface area (Å²) in [5.74, 6) is 0. The Morgan fingerprint density at radius 2 is 2.00 bits per heavy atom. The molecule has 0 spiro atoms. The fraction of sp³-hybridized carbons (Fsp3) is 0.500. The van der Waals surface area contributed by atoms with Gasteiger partial charge in [0.2, 0.25) is 0 Å². The molecule has 0 saturated heterocycles. The lowest BCUT2D eigenvalue weighted by Crippen LogP contribution is -2.41. The fourth-order valence-corrected chi connectivity index (χ4v) is 2.89. The number of pyridine rings is 1. The topological polar surface area (TPSA) is 34.1 Å². The van der Waals surface area contributed by atoms with E-state index >= 15 is 0 Å². The van der Waals surface area contributed by atoms with Crippen LogP contribution >= 0.6 is 0 Å². The number of aromatic nitrogens is 1. The lowest BCUT2D eigenvalue weighted by Gasteiger charge is -2.27. The molecule has 21 heavy (non-hydrogen) atoms. The van der Waals surface area contributed by atoms with Crippen LogP contribution in [0.5, 0.6) is 0 Å². The Morgan fingerprint density at radius 1 is 1.19 bits per heavy atom. The first-order chi connectivity index (χ1) is 10.3. The molecule has 3 heteroatoms. The summed E-state index contributed by atoms with van der Waals surface area (Å²) in [6.07, 6.45) is 5.35. The van der Waals surface area contributed by atoms with E-state index in [1.165, 1.54) is 10.9 Å². The summed E-state index contributed by atoms with van der Waals surface area (Å²) < 4.78 is 5.94. The zero-order chi connectivity index (χ0) is 15.1. The second kappa shape index (κ2) is 8.11. The van der Waals surface area contributed by atoms with Crippen LogP contribution in [0.2, 0.25) is 0 Å². The molecule has 0 aliphatic rings. The standard InChI is InChI=1S/C18H26N2O/c1-4-8-18(21-5-2)17(19-3)13-14-11-12-20-16-10-7-6-9-15(14)16/h6-7,9-12,17-19H,4-5,8,13H2,1-3H3. The fourth-order valence-electron chi connectivity index (χ4n) is 2.89. The van der Waals surface area contributed by atoms with Gasteiger partial charge >= 0.3 is 0 Å². The lowest BCUT2D eigenvalue weighted by molar-refractivity contribution is 0.0301. The number of nitrogens with zero attached hydrogens (tertiary/aromatic N) is 1. The van der Waals surface area contributed by atoms with Crippen molar-refractivity contribution in [1.29, 1.82) is 0 Å². The summed E-state index contributed by atoms with van der Waals surface area (Å²) in [6, 6.07) is 10.8. The molecule has 2 rings (SSSR count). The summed E-state index contributed by atoms with van der Waals surface area (Å²) in [5, 5.41) is 4.68. The average molecular weight is 286 g/mol. The number of benzene rings is 1. The minimum absolute atomic E-state index is 0.261. The Balaban J connectivity index is 2.23. The van der Waals surface area contributed by atoms with E-state index in [0.717, 1.165) is 31.4 Å². The van der Waals surface area contributed by atoms with Crippen molar-refractivity contribution in [3.63, 3.8) is 0 Å². The third kappa shape index (κ3) is 4.02. The van der Waals surface area contributed by atoms with Gasteiger partial charge in [-0.25, -0.2) is 0 Å². The minimum Gasteiger partial charge on any atom is -0.377 e. The van der Waals surface area contributed by atoms with Crippen LogP contribution < -0.4 is 5.32 Å². The molecule has 0 aliphatic carbocycles. The first kappa shape index (κ1) is 15.9. The van der Waals surface area contributed by atoms with Gasteiger partial charge in [-0.1, -0.05) is 31.5 Å². The SMILES string of the molecule is CCCC(OCC)C(Cc1ccnc2ccccc12)NC. The first-order valence-corrected chi connectivity index (χ1v) is 7.91. The number of fused-ring (bicyclic) bond motifs is 1. The minimum atomic E-state index is 0.261. The monoisotopic (exact) mass is 286 g/mol. The number of hydrogen-bond acceptors (Lipinski definition) is 3. The van der Waals surface area contributed by atoms with Crippen LogP contribution in [0.25, 0.3) is 10.9 Å². The molecule has 114 valence electrons. The van der Waals surface area contributed by atoms with E-state index in [9.17, 15) is 0 Å². The maximum atomic E-state index is 5.94. The molecule has 2 atom stereocenters. The van der Waals surface area contributed by atoms with Gasteiger partial charge in [0.05, 0.1) is 11.6 Å². The molecule has 1 heterocycles. The molecule has 1 aromatic carbocycles. The van der Waals surface area contributed by atoms with E-state index in [1.807, 2.05) is 19.3 Å². The van der Waals surface area contributed by atoms with Crippen molar-refractivity contribution < 1.29 is 4.74 Å². The second-order valence-electron chi connectivity index (χ2n) is 5.37. The number of nitrogens with one attached hydrogen (secondary N) is 1. The van der Waals surface area contributed by atoms with E-state index in [-0.39, 0.29) is 6.10 Å². The van der Waals surface area contributed by atoms with Gasteiger partial charge in [0.1, 0.15) is 0 Å². The number of rotatable bonds is 8. The van der Waals surface area contributed by atoms with Crippen LogP contribution in [0.4, 0.5) is 0 Å². The van der Waals surface area contributed by atoms with Crippen molar-refractivity contribution in [2.24, 2.45) is 0 Å². The molecule has 1 N–H and O–H groups in total. The normalized spacial score (nSPS) is 14.2. The van der Waals surface area contributed by atoms with Gasteiger partial charge in [-0.15, -0.1) is 0 Å². The van der Waals surface area contributed by atoms with Crippen molar-refractivity contribution in [3.8, 4) is 0 Å². The predicted octanol–water partition coefficient (Wildman–Crippen LogP) is 3.57. The second-order valence-corrected chi connectivity index (χ2v) is 5.37. The molecule has 1 aromatic heterocycles. The summed E-state index contributed by atoms with van der Waals surface area (Å²) in [6.45, 7) is 5.04. The number of para-hydroxylation sites is 1. The molecule has 0 aliphatic heterocycles. The molecular formula is C18H26N2O. The molecule has 2 unspecified atom stereocenters. The van der Waals surface area contributed by atoms with Crippen LogP contribution in [0.3, 0.4) is 0 Å². The Hall–Kier alpha value is -1.45. The highest BCUT2D eigenvalue weighted by Crippen LogP contribution is 2.20. The van der Waals surface area contributed by atoms with Gasteiger partial charge in [0, 0.05) is 24.2 Å². The van der Waals surface area contributed by atoms with Crippen LogP contribution in [-0.2, 0) is 11.2 Å². The quantitative estimate of drug-likeness (QED) is 0.805. The molecule has 0 amide bonds. The van der Waals surface area contributed by atoms with E-state index in [2.05, 4.69) is 48.4 Å². The van der Waals surface area contributed by atoms with E-state index in [1.54, 1.807) is 0 Å². The zero-order valence-corrected chi connectivity index (χ0v) is 13.3. The van der Waals surface area contributed by atoms with Crippen LogP contribution in [0, 0.1) is 0 Å². The van der Waals surface area contributed by atoms with Gasteiger partial charge < -0.3 is 10.1 Å². The highest BCUT2D eigenvalue weighted by molar-refractivity contribution is 5.81. The van der Waals surface area contributed by atoms with Crippen LogP contribution in [-0.4, -0.2) is 30.8 Å². The zero-order valence-electron chi connectivity index (χ0n) is 13.3. The van der Waals surface area contributed by atoms with Gasteiger partial charge in [0.25, 0.3) is 0 Å². The van der Waals surface area contributed by atoms with E-state index in [0.29, 0.717) is 6.04 Å². The van der Waals surface area contributed by atoms with Gasteiger partial charge in [-0.05, 0) is 44.5 Å². The highest BCUT2D eigenvalue weighted by Gasteiger charge is 2.20. The Kier molecular flexibility index (Phi) is 6.15. The van der Waals surface area contributed by atoms with Gasteiger partial charge in [-0.2, -0.15) is 0 Å². The first-order valence-electron chi connectivity index (χ1n) is 7.91. The van der Waals surface area contributed by atoms with Crippen LogP contribution in [0.1, 0.15) is 32.3 Å². The van der Waals surface area contributed by atoms with Crippen molar-refractivity contribution in [2.75, 3.05) is 13.7 Å². The third-order valence-electron chi connectivity index (χ3n) is 3.95. The van der Waals surface area contributed by atoms with Crippen LogP contribution in [0.15, 0.2) is 36.5 Å². The smallest absolute Gasteiger partial charge is 0.0730 e. The van der Waals surface area contributed by atoms with Crippen molar-refractivity contribution in [1.82, 2.24) is 10.3 Å². The summed E-state index contributed by atoms with van der Waals surface area (Å²) in [4.78, 5) is 4.44. The van der Waals surface area contributed by atoms with Gasteiger partial charge in [-0.3, -0.25) is 4.98 Å². The maximum absolute atomic E-state index is 5.94. The molecule has 3 nitrogen and oxygen atoms in total. The molecular weight excluding hydrogens is 260 g/mol. The number of hydrogen-bond donors (Lipinski definition) is 1. The average Bonchev–Trinajstić information content (AvgIpc) is 2.52. The predicted molar refractivity (Wildman–Crippen MR) is 88.6 cm³/mol. The van der Waals surface area contributed by atoms with E-state index < -0.39 is 0 Å². The molecule has 0 saturated carbocycles. The molecule has 0 radical (unpaired) electrons. The third-order valence-corrected chi connectivity index (χ3v) is 3.95. The Bertz CT molecular complexity index is 544. The Labute approximate surface area is 127 Å². The summed E-state index contributed by atoms with van der Waals surface area (Å²) in [5.41, 5.74) is 2.40. The summed E-state index contributed by atoms with van der Waals surface area (Å²) >= 11 is 0. The number of ether oxygens (including phenoxy) is 1. The van der Waals surface area contributed by atoms with Crippen molar-refractivity contribution in [2.45, 2.75) is 45.3 Å². The van der Waals surface area contributed by atoms with Gasteiger partial charge in [0.15, 0.2) is 0 Å². The maximum Gasteiger partial charge on any atom is 0.0730 e. The van der Waals surface area contributed by atoms with E-state index in [4.69, 9.17) is 4.74 Å². The Morgan fingerprint density at radius 3 is 2.71 bits per heavy atom. The lowest BCUT2D eigenvalue weighted by atomic mass is 9.96. The highest BCUT2D eigenvalue weighted by atomic mass is 16.5. The molecule has 0 bridgehead atoms. The number of likely N-dealkylation sites (N-methyl/N-ethyl adjacent to an activating group) is 1. The molecule has 0 fully saturated rings. The molecule has 2 aromatic rings.